The zero-order valence-corrected chi connectivity index (χ0v) is 13.7. The second-order valence-corrected chi connectivity index (χ2v) is 12.3. The fourth-order valence-corrected chi connectivity index (χ4v) is 5.05. The third-order valence-corrected chi connectivity index (χ3v) is 5.51. The van der Waals surface area contributed by atoms with Crippen molar-refractivity contribution in [3.63, 3.8) is 0 Å². The Labute approximate surface area is 120 Å². The number of carbonyl (C=O) groups is 2. The van der Waals surface area contributed by atoms with Crippen molar-refractivity contribution in [3.05, 3.63) is 11.8 Å². The molecule has 4 atom stereocenters. The highest BCUT2D eigenvalue weighted by molar-refractivity contribution is 6.70. The third-order valence-electron chi connectivity index (χ3n) is 4.67. The van der Waals surface area contributed by atoms with Gasteiger partial charge in [0.05, 0.1) is 17.6 Å². The molecule has 1 heterocycles. The van der Waals surface area contributed by atoms with Gasteiger partial charge in [-0.05, 0) is 43.5 Å². The average Bonchev–Trinajstić information content (AvgIpc) is 2.51. The Hall–Kier alpha value is -1.10. The van der Waals surface area contributed by atoms with Crippen LogP contribution in [0.15, 0.2) is 11.8 Å². The molecule has 0 aromatic carbocycles. The summed E-state index contributed by atoms with van der Waals surface area (Å²) in [7, 11) is -1.73. The molecule has 2 fully saturated rings. The van der Waals surface area contributed by atoms with Crippen LogP contribution in [0.25, 0.3) is 0 Å². The van der Waals surface area contributed by atoms with E-state index < -0.39 is 8.32 Å². The van der Waals surface area contributed by atoms with Crippen LogP contribution in [0.4, 0.5) is 0 Å². The van der Waals surface area contributed by atoms with Crippen LogP contribution in [0.3, 0.4) is 0 Å². The first kappa shape index (κ1) is 13.9. The van der Waals surface area contributed by atoms with E-state index in [9.17, 15) is 9.59 Å². The van der Waals surface area contributed by atoms with Gasteiger partial charge in [0.25, 0.3) is 0 Å². The summed E-state index contributed by atoms with van der Waals surface area (Å²) < 4.78 is 11.1. The van der Waals surface area contributed by atoms with Crippen LogP contribution < -0.4 is 0 Å². The monoisotopic (exact) mass is 294 g/mol. The van der Waals surface area contributed by atoms with Crippen molar-refractivity contribution in [3.8, 4) is 0 Å². The molecule has 5 heteroatoms. The lowest BCUT2D eigenvalue weighted by Crippen LogP contribution is -2.51. The van der Waals surface area contributed by atoms with Crippen LogP contribution >= 0.6 is 0 Å². The molecule has 3 aliphatic carbocycles. The smallest absolute Gasteiger partial charge is 0.318 e. The molecule has 1 aliphatic heterocycles. The standard InChI is InChI=1S/C15H22O4Si/c1-15(2)7-8-6-9(19-20(3,4)5)12(15)11-10(8)13(16)18-14(11)17/h6,8,10-12H,7H2,1-5H3/t8-,10-,11-,12-/m1/s1. The number of ether oxygens (including phenoxy) is 1. The first-order valence-electron chi connectivity index (χ1n) is 7.26. The summed E-state index contributed by atoms with van der Waals surface area (Å²) in [5, 5.41) is 0. The summed E-state index contributed by atoms with van der Waals surface area (Å²) in [5.74, 6) is -0.338. The van der Waals surface area contributed by atoms with Gasteiger partial charge in [-0.15, -0.1) is 0 Å². The van der Waals surface area contributed by atoms with Gasteiger partial charge in [-0.25, -0.2) is 0 Å². The number of fused-ring (bicyclic) bond motifs is 1. The fourth-order valence-electron chi connectivity index (χ4n) is 4.15. The minimum Gasteiger partial charge on any atom is -0.547 e. The summed E-state index contributed by atoms with van der Waals surface area (Å²) in [4.78, 5) is 24.0. The SMILES string of the molecule is CC1(C)C[C@H]2C=C(O[Si](C)(C)C)[C@@H]1[C@@H]1C(=O)OC(=O)[C@@H]12. The molecule has 0 amide bonds. The van der Waals surface area contributed by atoms with Crippen molar-refractivity contribution in [1.82, 2.24) is 0 Å². The van der Waals surface area contributed by atoms with Crippen molar-refractivity contribution in [2.75, 3.05) is 0 Å². The summed E-state index contributed by atoms with van der Waals surface area (Å²) in [6.45, 7) is 10.7. The topological polar surface area (TPSA) is 52.6 Å². The number of esters is 2. The molecule has 0 N–H and O–H groups in total. The normalized spacial score (nSPS) is 38.4. The van der Waals surface area contributed by atoms with E-state index in [0.717, 1.165) is 12.2 Å². The number of hydrogen-bond donors (Lipinski definition) is 0. The molecule has 2 bridgehead atoms. The first-order chi connectivity index (χ1) is 9.10. The van der Waals surface area contributed by atoms with Crippen LogP contribution in [0.1, 0.15) is 20.3 Å². The Morgan fingerprint density at radius 3 is 2.40 bits per heavy atom. The van der Waals surface area contributed by atoms with E-state index >= 15 is 0 Å². The van der Waals surface area contributed by atoms with Crippen LogP contribution in [0, 0.1) is 29.1 Å². The maximum atomic E-state index is 12.1. The van der Waals surface area contributed by atoms with Crippen molar-refractivity contribution in [2.45, 2.75) is 39.9 Å². The molecule has 0 aromatic heterocycles. The maximum Gasteiger partial charge on any atom is 0.318 e. The average molecular weight is 294 g/mol. The summed E-state index contributed by atoms with van der Waals surface area (Å²) in [6, 6.07) is 0. The van der Waals surface area contributed by atoms with Gasteiger partial charge in [0, 0.05) is 5.92 Å². The van der Waals surface area contributed by atoms with E-state index in [1.54, 1.807) is 0 Å². The molecule has 20 heavy (non-hydrogen) atoms. The molecule has 0 unspecified atom stereocenters. The van der Waals surface area contributed by atoms with E-state index in [0.29, 0.717) is 0 Å². The Kier molecular flexibility index (Phi) is 2.75. The van der Waals surface area contributed by atoms with Crippen molar-refractivity contribution in [1.29, 1.82) is 0 Å². The molecule has 4 nitrogen and oxygen atoms in total. The predicted octanol–water partition coefficient (Wildman–Crippen LogP) is 2.71. The lowest BCUT2D eigenvalue weighted by molar-refractivity contribution is -0.154. The van der Waals surface area contributed by atoms with Gasteiger partial charge < -0.3 is 9.16 Å². The van der Waals surface area contributed by atoms with Crippen molar-refractivity contribution < 1.29 is 18.8 Å². The van der Waals surface area contributed by atoms with E-state index in [1.807, 2.05) is 0 Å². The van der Waals surface area contributed by atoms with Crippen LogP contribution in [-0.4, -0.2) is 20.3 Å². The van der Waals surface area contributed by atoms with Gasteiger partial charge in [0.15, 0.2) is 0 Å². The molecule has 0 aromatic rings. The number of cyclic esters (lactones) is 2. The second kappa shape index (κ2) is 3.97. The van der Waals surface area contributed by atoms with Gasteiger partial charge in [-0.1, -0.05) is 13.8 Å². The van der Waals surface area contributed by atoms with Crippen LogP contribution in [0.5, 0.6) is 0 Å². The van der Waals surface area contributed by atoms with E-state index in [-0.39, 0.29) is 41.0 Å². The minimum absolute atomic E-state index is 0.0248. The van der Waals surface area contributed by atoms with Gasteiger partial charge in [-0.3, -0.25) is 9.59 Å². The molecule has 1 saturated carbocycles. The third kappa shape index (κ3) is 1.94. The molecular weight excluding hydrogens is 272 g/mol. The molecule has 1 saturated heterocycles. The minimum atomic E-state index is -1.73. The highest BCUT2D eigenvalue weighted by Crippen LogP contribution is 2.59. The fraction of sp³-hybridized carbons (Fsp3) is 0.733. The largest absolute Gasteiger partial charge is 0.547 e. The summed E-state index contributed by atoms with van der Waals surface area (Å²) in [6.07, 6.45) is 3.01. The molecular formula is C15H22O4Si. The van der Waals surface area contributed by atoms with Gasteiger partial charge in [0.1, 0.15) is 0 Å². The molecule has 4 rings (SSSR count). The summed E-state index contributed by atoms with van der Waals surface area (Å²) >= 11 is 0. The van der Waals surface area contributed by atoms with E-state index in [1.165, 1.54) is 0 Å². The Balaban J connectivity index is 2.04. The number of allylic oxidation sites excluding steroid dienone is 2. The highest BCUT2D eigenvalue weighted by Gasteiger charge is 2.63. The number of rotatable bonds is 2. The number of hydrogen-bond acceptors (Lipinski definition) is 4. The molecule has 110 valence electrons. The zero-order valence-electron chi connectivity index (χ0n) is 12.7. The van der Waals surface area contributed by atoms with Gasteiger partial charge in [0.2, 0.25) is 8.32 Å². The van der Waals surface area contributed by atoms with Gasteiger partial charge in [-0.2, -0.15) is 0 Å². The molecule has 4 aliphatic rings. The zero-order chi connectivity index (χ0) is 14.9. The predicted molar refractivity (Wildman–Crippen MR) is 76.0 cm³/mol. The van der Waals surface area contributed by atoms with Crippen LogP contribution in [-0.2, 0) is 18.8 Å². The van der Waals surface area contributed by atoms with E-state index in [4.69, 9.17) is 9.16 Å². The lowest BCUT2D eigenvalue weighted by Gasteiger charge is -2.51. The number of carbonyl (C=O) groups excluding carboxylic acids is 2. The molecule has 0 radical (unpaired) electrons. The van der Waals surface area contributed by atoms with Crippen molar-refractivity contribution in [2.24, 2.45) is 29.1 Å². The maximum absolute atomic E-state index is 12.1. The van der Waals surface area contributed by atoms with Crippen molar-refractivity contribution >= 4 is 20.3 Å². The summed E-state index contributed by atoms with van der Waals surface area (Å²) in [5.41, 5.74) is -0.0286. The second-order valence-electron chi connectivity index (χ2n) is 7.91. The molecule has 0 spiro atoms. The quantitative estimate of drug-likeness (QED) is 0.446. The Bertz CT molecular complexity index is 514. The first-order valence-corrected chi connectivity index (χ1v) is 10.7. The lowest BCUT2D eigenvalue weighted by atomic mass is 9.52. The Morgan fingerprint density at radius 1 is 1.20 bits per heavy atom. The highest BCUT2D eigenvalue weighted by atomic mass is 28.4. The van der Waals surface area contributed by atoms with Gasteiger partial charge >= 0.3 is 11.9 Å². The Morgan fingerprint density at radius 2 is 1.80 bits per heavy atom. The van der Waals surface area contributed by atoms with E-state index in [2.05, 4.69) is 39.6 Å². The van der Waals surface area contributed by atoms with Crippen LogP contribution in [0.2, 0.25) is 19.6 Å².